The minimum atomic E-state index is -0.287. The Morgan fingerprint density at radius 3 is 1.71 bits per heavy atom. The fourth-order valence-corrected chi connectivity index (χ4v) is 6.05. The van der Waals surface area contributed by atoms with Crippen molar-refractivity contribution in [1.29, 1.82) is 0 Å². The summed E-state index contributed by atoms with van der Waals surface area (Å²) in [6.45, 7) is 8.19. The number of ether oxygens (including phenoxy) is 3. The van der Waals surface area contributed by atoms with E-state index in [1.165, 1.54) is 81.8 Å². The van der Waals surface area contributed by atoms with Gasteiger partial charge >= 0.3 is 5.97 Å². The number of carbonyl (C=O) groups excluding carboxylic acids is 1. The van der Waals surface area contributed by atoms with E-state index in [0.717, 1.165) is 59.3 Å². The molecule has 0 N–H and O–H groups in total. The minimum Gasteiger partial charge on any atom is -0.494 e. The van der Waals surface area contributed by atoms with Gasteiger partial charge in [0.15, 0.2) is 0 Å². The molecule has 4 nitrogen and oxygen atoms in total. The second kappa shape index (κ2) is 21.2. The summed E-state index contributed by atoms with van der Waals surface area (Å²) < 4.78 is 17.7. The maximum Gasteiger partial charge on any atom is 0.313 e. The normalized spacial score (nSPS) is 11.8. The van der Waals surface area contributed by atoms with E-state index < -0.39 is 0 Å². The molecule has 0 unspecified atom stereocenters. The molecule has 4 heteroatoms. The Labute approximate surface area is 290 Å². The molecule has 0 amide bonds. The molecule has 1 atom stereocenters. The van der Waals surface area contributed by atoms with Crippen LogP contribution in [0.3, 0.4) is 0 Å². The summed E-state index contributed by atoms with van der Waals surface area (Å²) in [6, 6.07) is 29.3. The zero-order valence-electron chi connectivity index (χ0n) is 29.8. The Morgan fingerprint density at radius 1 is 0.542 bits per heavy atom. The third-order valence-corrected chi connectivity index (χ3v) is 9.25. The zero-order valence-corrected chi connectivity index (χ0v) is 29.8. The largest absolute Gasteiger partial charge is 0.494 e. The molecule has 0 saturated heterocycles. The van der Waals surface area contributed by atoms with E-state index in [4.69, 9.17) is 14.2 Å². The van der Waals surface area contributed by atoms with Crippen LogP contribution in [0.15, 0.2) is 84.9 Å². The molecule has 0 spiro atoms. The maximum atomic E-state index is 12.6. The number of benzene rings is 4. The molecule has 4 aromatic rings. The lowest BCUT2D eigenvalue weighted by molar-refractivity contribution is -0.145. The van der Waals surface area contributed by atoms with Gasteiger partial charge in [0.05, 0.1) is 19.1 Å². The van der Waals surface area contributed by atoms with Crippen LogP contribution in [0.4, 0.5) is 0 Å². The summed E-state index contributed by atoms with van der Waals surface area (Å²) in [7, 11) is 0. The van der Waals surface area contributed by atoms with Crippen LogP contribution in [0.5, 0.6) is 11.5 Å². The van der Waals surface area contributed by atoms with Crippen molar-refractivity contribution in [3.8, 4) is 22.6 Å². The first-order valence-corrected chi connectivity index (χ1v) is 18.7. The summed E-state index contributed by atoms with van der Waals surface area (Å²) in [5.41, 5.74) is 4.45. The molecule has 0 bridgehead atoms. The molecule has 0 aromatic heterocycles. The molecule has 0 aliphatic heterocycles. The first-order valence-electron chi connectivity index (χ1n) is 18.7. The van der Waals surface area contributed by atoms with Crippen LogP contribution >= 0.6 is 0 Å². The minimum absolute atomic E-state index is 0.151. The van der Waals surface area contributed by atoms with Crippen molar-refractivity contribution in [2.24, 2.45) is 0 Å². The van der Waals surface area contributed by atoms with Crippen molar-refractivity contribution in [2.45, 2.75) is 123 Å². The fraction of sp³-hybridized carbons (Fsp3) is 0.477. The van der Waals surface area contributed by atoms with Crippen molar-refractivity contribution in [3.05, 3.63) is 96.1 Å². The van der Waals surface area contributed by atoms with E-state index in [2.05, 4.69) is 86.6 Å². The number of fused-ring (bicyclic) bond motifs is 1. The van der Waals surface area contributed by atoms with Crippen LogP contribution in [0.1, 0.15) is 128 Å². The lowest BCUT2D eigenvalue weighted by atomic mass is 9.98. The Hall–Kier alpha value is -3.79. The van der Waals surface area contributed by atoms with Crippen molar-refractivity contribution >= 4 is 16.7 Å². The van der Waals surface area contributed by atoms with Crippen LogP contribution in [0.2, 0.25) is 0 Å². The molecular weight excluding hydrogens is 592 g/mol. The highest BCUT2D eigenvalue weighted by Gasteiger charge is 2.17. The summed E-state index contributed by atoms with van der Waals surface area (Å²) in [5, 5.41) is 2.17. The van der Waals surface area contributed by atoms with Crippen LogP contribution < -0.4 is 9.47 Å². The molecule has 4 aromatic carbocycles. The highest BCUT2D eigenvalue weighted by atomic mass is 16.5. The smallest absolute Gasteiger partial charge is 0.313 e. The Balaban J connectivity index is 1.18. The average Bonchev–Trinajstić information content (AvgIpc) is 3.12. The molecule has 0 radical (unpaired) electrons. The Bertz CT molecular complexity index is 1470. The second-order valence-corrected chi connectivity index (χ2v) is 13.3. The van der Waals surface area contributed by atoms with Crippen molar-refractivity contribution in [3.63, 3.8) is 0 Å². The SMILES string of the molecule is CCCCCCCCCCCOc1ccc(-c2ccc(COc3ccc4cc([C@H](C)C(=O)OCCCCCCC)ccc4c3)cc2)cc1. The quantitative estimate of drug-likeness (QED) is 0.0592. The Morgan fingerprint density at radius 2 is 1.06 bits per heavy atom. The number of esters is 1. The number of hydrogen-bond acceptors (Lipinski definition) is 4. The highest BCUT2D eigenvalue weighted by Crippen LogP contribution is 2.27. The highest BCUT2D eigenvalue weighted by molar-refractivity contribution is 5.86. The lowest BCUT2D eigenvalue weighted by Crippen LogP contribution is -2.14. The van der Waals surface area contributed by atoms with Gasteiger partial charge in [0.2, 0.25) is 0 Å². The second-order valence-electron chi connectivity index (χ2n) is 13.3. The number of rotatable bonds is 23. The fourth-order valence-electron chi connectivity index (χ4n) is 6.05. The molecule has 258 valence electrons. The number of carbonyl (C=O) groups is 1. The van der Waals surface area contributed by atoms with E-state index in [1.807, 2.05) is 19.1 Å². The van der Waals surface area contributed by atoms with Gasteiger partial charge < -0.3 is 14.2 Å². The summed E-state index contributed by atoms with van der Waals surface area (Å²) >= 11 is 0. The average molecular weight is 651 g/mol. The van der Waals surface area contributed by atoms with Gasteiger partial charge in [-0.3, -0.25) is 4.79 Å². The first-order chi connectivity index (χ1) is 23.6. The van der Waals surface area contributed by atoms with Crippen molar-refractivity contribution in [1.82, 2.24) is 0 Å². The van der Waals surface area contributed by atoms with Gasteiger partial charge in [0.1, 0.15) is 18.1 Å². The summed E-state index contributed by atoms with van der Waals surface area (Å²) in [4.78, 5) is 12.6. The van der Waals surface area contributed by atoms with Gasteiger partial charge in [0, 0.05) is 0 Å². The maximum absolute atomic E-state index is 12.6. The monoisotopic (exact) mass is 650 g/mol. The van der Waals surface area contributed by atoms with Gasteiger partial charge in [-0.05, 0) is 77.1 Å². The predicted molar refractivity (Wildman–Crippen MR) is 201 cm³/mol. The van der Waals surface area contributed by atoms with Gasteiger partial charge in [-0.15, -0.1) is 0 Å². The molecule has 0 saturated carbocycles. The van der Waals surface area contributed by atoms with E-state index in [9.17, 15) is 4.79 Å². The molecule has 48 heavy (non-hydrogen) atoms. The van der Waals surface area contributed by atoms with E-state index in [1.54, 1.807) is 0 Å². The lowest BCUT2D eigenvalue weighted by Gasteiger charge is -2.13. The number of unbranched alkanes of at least 4 members (excludes halogenated alkanes) is 12. The summed E-state index contributed by atoms with van der Waals surface area (Å²) in [5.74, 6) is 1.33. The molecule has 0 aliphatic carbocycles. The summed E-state index contributed by atoms with van der Waals surface area (Å²) in [6.07, 6.45) is 17.6. The van der Waals surface area contributed by atoms with Crippen LogP contribution in [0, 0.1) is 0 Å². The van der Waals surface area contributed by atoms with E-state index in [-0.39, 0.29) is 11.9 Å². The predicted octanol–water partition coefficient (Wildman–Crippen LogP) is 12.6. The van der Waals surface area contributed by atoms with E-state index >= 15 is 0 Å². The van der Waals surface area contributed by atoms with Gasteiger partial charge in [-0.2, -0.15) is 0 Å². The molecule has 0 heterocycles. The molecular formula is C44H58O4. The molecule has 0 fully saturated rings. The standard InChI is InChI=1S/C44H58O4/c1-4-6-8-10-11-12-13-15-16-30-46-42-27-24-38(25-28-42)37-20-18-36(19-21-37)34-48-43-29-26-40-32-39(22-23-41(40)33-43)35(3)44(45)47-31-17-14-9-7-5-2/h18-29,32-33,35H,4-17,30-31,34H2,1-3H3/t35-/m0/s1. The topological polar surface area (TPSA) is 44.8 Å². The third kappa shape index (κ3) is 12.7. The van der Waals surface area contributed by atoms with Crippen LogP contribution in [0.25, 0.3) is 21.9 Å². The van der Waals surface area contributed by atoms with Crippen molar-refractivity contribution in [2.75, 3.05) is 13.2 Å². The van der Waals surface area contributed by atoms with Crippen LogP contribution in [-0.2, 0) is 16.1 Å². The van der Waals surface area contributed by atoms with Gasteiger partial charge in [0.25, 0.3) is 0 Å². The van der Waals surface area contributed by atoms with Gasteiger partial charge in [-0.1, -0.05) is 152 Å². The molecule has 4 rings (SSSR count). The Kier molecular flexibility index (Phi) is 16.4. The molecule has 0 aliphatic rings. The van der Waals surface area contributed by atoms with Crippen LogP contribution in [-0.4, -0.2) is 19.2 Å². The van der Waals surface area contributed by atoms with Gasteiger partial charge in [-0.25, -0.2) is 0 Å². The van der Waals surface area contributed by atoms with E-state index in [0.29, 0.717) is 13.2 Å². The number of hydrogen-bond donors (Lipinski definition) is 0. The van der Waals surface area contributed by atoms with Crippen molar-refractivity contribution < 1.29 is 19.0 Å². The zero-order chi connectivity index (χ0) is 33.8. The first kappa shape index (κ1) is 37.0. The third-order valence-electron chi connectivity index (χ3n) is 9.25.